The summed E-state index contributed by atoms with van der Waals surface area (Å²) in [6, 6.07) is 6.72. The average molecular weight is 242 g/mol. The van der Waals surface area contributed by atoms with Gasteiger partial charge < -0.3 is 10.4 Å². The third kappa shape index (κ3) is 3.42. The van der Waals surface area contributed by atoms with Gasteiger partial charge in [-0.2, -0.15) is 0 Å². The first-order valence-corrected chi connectivity index (χ1v) is 5.61. The van der Waals surface area contributed by atoms with Gasteiger partial charge in [-0.1, -0.05) is 12.1 Å². The van der Waals surface area contributed by atoms with Crippen LogP contribution in [0.3, 0.4) is 0 Å². The monoisotopic (exact) mass is 241 g/mol. The number of carbonyl (C=O) groups excluding carboxylic acids is 1. The molecule has 0 spiro atoms. The Kier molecular flexibility index (Phi) is 4.19. The molecule has 0 fully saturated rings. The van der Waals surface area contributed by atoms with Crippen LogP contribution in [-0.2, 0) is 11.3 Å². The van der Waals surface area contributed by atoms with Crippen molar-refractivity contribution in [3.63, 3.8) is 0 Å². The predicted octanol–water partition coefficient (Wildman–Crippen LogP) is 2.27. The molecule has 0 aliphatic carbocycles. The molecule has 4 heteroatoms. The number of phenols is 1. The number of benzene rings is 1. The lowest BCUT2D eigenvalue weighted by Crippen LogP contribution is -2.37. The van der Waals surface area contributed by atoms with E-state index in [4.69, 9.17) is 16.7 Å². The Morgan fingerprint density at radius 1 is 1.38 bits per heavy atom. The highest BCUT2D eigenvalue weighted by Crippen LogP contribution is 2.17. The normalized spacial score (nSPS) is 11.2. The minimum Gasteiger partial charge on any atom is -0.508 e. The highest BCUT2D eigenvalue weighted by molar-refractivity contribution is 6.19. The number of nitrogens with one attached hydrogen (secondary N) is 1. The van der Waals surface area contributed by atoms with E-state index in [0.717, 1.165) is 5.56 Å². The van der Waals surface area contributed by atoms with Crippen molar-refractivity contribution in [3.8, 4) is 5.75 Å². The second kappa shape index (κ2) is 5.21. The first-order valence-electron chi connectivity index (χ1n) is 5.08. The molecule has 0 bridgehead atoms. The molecular formula is C12H16ClNO2. The molecule has 0 heterocycles. The van der Waals surface area contributed by atoms with Crippen LogP contribution in [0, 0.1) is 5.41 Å². The van der Waals surface area contributed by atoms with E-state index in [1.54, 1.807) is 38.1 Å². The largest absolute Gasteiger partial charge is 0.508 e. The van der Waals surface area contributed by atoms with E-state index in [0.29, 0.717) is 6.54 Å². The van der Waals surface area contributed by atoms with Crippen LogP contribution in [0.25, 0.3) is 0 Å². The van der Waals surface area contributed by atoms with Crippen LogP contribution in [0.4, 0.5) is 0 Å². The molecule has 3 nitrogen and oxygen atoms in total. The first kappa shape index (κ1) is 12.8. The van der Waals surface area contributed by atoms with E-state index >= 15 is 0 Å². The first-order chi connectivity index (χ1) is 7.45. The molecule has 0 unspecified atom stereocenters. The number of phenolic OH excluding ortho intramolecular Hbond substituents is 1. The topological polar surface area (TPSA) is 49.3 Å². The molecular weight excluding hydrogens is 226 g/mol. The number of hydrogen-bond donors (Lipinski definition) is 2. The van der Waals surface area contributed by atoms with Crippen LogP contribution < -0.4 is 5.32 Å². The second-order valence-electron chi connectivity index (χ2n) is 4.37. The zero-order chi connectivity index (χ0) is 12.2. The summed E-state index contributed by atoms with van der Waals surface area (Å²) in [6.07, 6.45) is 0. The molecule has 0 saturated heterocycles. The highest BCUT2D eigenvalue weighted by Gasteiger charge is 2.25. The van der Waals surface area contributed by atoms with Crippen LogP contribution in [0.15, 0.2) is 24.3 Å². The zero-order valence-electron chi connectivity index (χ0n) is 9.46. The Morgan fingerprint density at radius 3 is 2.44 bits per heavy atom. The van der Waals surface area contributed by atoms with Gasteiger partial charge in [-0.3, -0.25) is 4.79 Å². The molecule has 1 aromatic rings. The van der Waals surface area contributed by atoms with Crippen molar-refractivity contribution in [1.82, 2.24) is 5.32 Å². The van der Waals surface area contributed by atoms with Gasteiger partial charge in [0.05, 0.1) is 5.41 Å². The van der Waals surface area contributed by atoms with Crippen molar-refractivity contribution in [2.45, 2.75) is 20.4 Å². The molecule has 1 aromatic carbocycles. The quantitative estimate of drug-likeness (QED) is 0.795. The van der Waals surface area contributed by atoms with E-state index < -0.39 is 5.41 Å². The fourth-order valence-corrected chi connectivity index (χ4v) is 1.22. The fourth-order valence-electron chi connectivity index (χ4n) is 1.10. The summed E-state index contributed by atoms with van der Waals surface area (Å²) in [5.74, 6) is 0.431. The van der Waals surface area contributed by atoms with Gasteiger partial charge in [0.2, 0.25) is 5.91 Å². The summed E-state index contributed by atoms with van der Waals surface area (Å²) < 4.78 is 0. The fraction of sp³-hybridized carbons (Fsp3) is 0.417. The van der Waals surface area contributed by atoms with Crippen molar-refractivity contribution in [2.24, 2.45) is 5.41 Å². The Hall–Kier alpha value is -1.22. The van der Waals surface area contributed by atoms with Crippen molar-refractivity contribution in [1.29, 1.82) is 0 Å². The van der Waals surface area contributed by atoms with E-state index in [9.17, 15) is 4.79 Å². The molecule has 0 aromatic heterocycles. The minimum atomic E-state index is -0.557. The van der Waals surface area contributed by atoms with E-state index in [1.807, 2.05) is 0 Å². The number of aromatic hydroxyl groups is 1. The van der Waals surface area contributed by atoms with Crippen LogP contribution in [0.1, 0.15) is 19.4 Å². The number of rotatable bonds is 4. The van der Waals surface area contributed by atoms with Gasteiger partial charge in [-0.25, -0.2) is 0 Å². The number of alkyl halides is 1. The third-order valence-electron chi connectivity index (χ3n) is 2.34. The molecule has 0 aliphatic rings. The number of hydrogen-bond acceptors (Lipinski definition) is 2. The summed E-state index contributed by atoms with van der Waals surface area (Å²) >= 11 is 5.70. The van der Waals surface area contributed by atoms with Gasteiger partial charge in [-0.05, 0) is 31.5 Å². The lowest BCUT2D eigenvalue weighted by atomic mass is 9.95. The molecule has 0 radical (unpaired) electrons. The lowest BCUT2D eigenvalue weighted by molar-refractivity contribution is -0.128. The number of amides is 1. The van der Waals surface area contributed by atoms with Crippen LogP contribution in [-0.4, -0.2) is 16.9 Å². The lowest BCUT2D eigenvalue weighted by Gasteiger charge is -2.20. The number of carbonyl (C=O) groups is 1. The average Bonchev–Trinajstić information content (AvgIpc) is 2.28. The molecule has 0 saturated carbocycles. The van der Waals surface area contributed by atoms with E-state index in [2.05, 4.69) is 5.32 Å². The summed E-state index contributed by atoms with van der Waals surface area (Å²) in [7, 11) is 0. The van der Waals surface area contributed by atoms with Gasteiger partial charge >= 0.3 is 0 Å². The van der Waals surface area contributed by atoms with Crippen LogP contribution in [0.2, 0.25) is 0 Å². The number of halogens is 1. The molecule has 1 amide bonds. The zero-order valence-corrected chi connectivity index (χ0v) is 10.2. The maximum atomic E-state index is 11.7. The van der Waals surface area contributed by atoms with Crippen LogP contribution in [0.5, 0.6) is 5.75 Å². The second-order valence-corrected chi connectivity index (χ2v) is 4.63. The summed E-state index contributed by atoms with van der Waals surface area (Å²) in [6.45, 7) is 4.04. The predicted molar refractivity (Wildman–Crippen MR) is 64.5 cm³/mol. The Bertz CT molecular complexity index is 360. The third-order valence-corrected chi connectivity index (χ3v) is 3.01. The van der Waals surface area contributed by atoms with Gasteiger partial charge in [0.15, 0.2) is 0 Å². The Balaban J connectivity index is 2.52. The molecule has 0 aliphatic heterocycles. The van der Waals surface area contributed by atoms with E-state index in [-0.39, 0.29) is 17.5 Å². The molecule has 1 rings (SSSR count). The van der Waals surface area contributed by atoms with Gasteiger partial charge in [0.1, 0.15) is 5.75 Å². The van der Waals surface area contributed by atoms with Crippen molar-refractivity contribution < 1.29 is 9.90 Å². The minimum absolute atomic E-state index is 0.0735. The van der Waals surface area contributed by atoms with Gasteiger partial charge in [0.25, 0.3) is 0 Å². The Labute approximate surface area is 100 Å². The molecule has 16 heavy (non-hydrogen) atoms. The smallest absolute Gasteiger partial charge is 0.227 e. The maximum Gasteiger partial charge on any atom is 0.227 e. The molecule has 2 N–H and O–H groups in total. The highest BCUT2D eigenvalue weighted by atomic mass is 35.5. The van der Waals surface area contributed by atoms with Gasteiger partial charge in [-0.15, -0.1) is 11.6 Å². The van der Waals surface area contributed by atoms with E-state index in [1.165, 1.54) is 0 Å². The maximum absolute atomic E-state index is 11.7. The molecule has 0 atom stereocenters. The van der Waals surface area contributed by atoms with Gasteiger partial charge in [0, 0.05) is 12.4 Å². The van der Waals surface area contributed by atoms with Crippen molar-refractivity contribution in [3.05, 3.63) is 29.8 Å². The summed E-state index contributed by atoms with van der Waals surface area (Å²) in [4.78, 5) is 11.7. The standard InChI is InChI=1S/C12H16ClNO2/c1-12(2,8-13)11(16)14-7-9-3-5-10(15)6-4-9/h3-6,15H,7-8H2,1-2H3,(H,14,16). The summed E-state index contributed by atoms with van der Waals surface area (Å²) in [5, 5.41) is 11.9. The van der Waals surface area contributed by atoms with Crippen LogP contribution >= 0.6 is 11.6 Å². The summed E-state index contributed by atoms with van der Waals surface area (Å²) in [5.41, 5.74) is 0.384. The SMILES string of the molecule is CC(C)(CCl)C(=O)NCc1ccc(O)cc1. The van der Waals surface area contributed by atoms with Crippen molar-refractivity contribution in [2.75, 3.05) is 5.88 Å². The Morgan fingerprint density at radius 2 is 1.94 bits per heavy atom. The van der Waals surface area contributed by atoms with Crippen molar-refractivity contribution >= 4 is 17.5 Å². The molecule has 88 valence electrons.